The fourth-order valence-corrected chi connectivity index (χ4v) is 5.99. The molecular weight excluding hydrogens is 412 g/mol. The van der Waals surface area contributed by atoms with Crippen LogP contribution in [0.5, 0.6) is 17.2 Å². The molecule has 3 heterocycles. The van der Waals surface area contributed by atoms with Gasteiger partial charge >= 0.3 is 0 Å². The molecule has 0 radical (unpaired) electrons. The molecule has 1 aliphatic rings. The molecule has 30 heavy (non-hydrogen) atoms. The number of fused-ring (bicyclic) bond motifs is 1. The zero-order chi connectivity index (χ0) is 21.0. The Labute approximate surface area is 190 Å². The molecule has 0 aliphatic carbocycles. The maximum atomic E-state index is 6.24. The smallest absolute Gasteiger partial charge is 0.180 e. The van der Waals surface area contributed by atoms with E-state index in [1.165, 1.54) is 81.1 Å². The van der Waals surface area contributed by atoms with E-state index in [2.05, 4.69) is 19.2 Å². The third-order valence-corrected chi connectivity index (χ3v) is 7.85. The van der Waals surface area contributed by atoms with Gasteiger partial charge in [0, 0.05) is 10.9 Å². The van der Waals surface area contributed by atoms with E-state index in [1.54, 1.807) is 22.7 Å². The van der Waals surface area contributed by atoms with Gasteiger partial charge in [0.15, 0.2) is 11.5 Å². The van der Waals surface area contributed by atoms with Gasteiger partial charge in [0.05, 0.1) is 16.4 Å². The van der Waals surface area contributed by atoms with Gasteiger partial charge in [-0.25, -0.2) is 0 Å². The molecule has 0 aromatic carbocycles. The summed E-state index contributed by atoms with van der Waals surface area (Å²) >= 11 is 3.43. The Balaban J connectivity index is 1.31. The lowest BCUT2D eigenvalue weighted by atomic mass is 10.1. The van der Waals surface area contributed by atoms with Crippen molar-refractivity contribution in [3.63, 3.8) is 0 Å². The second kappa shape index (κ2) is 13.3. The van der Waals surface area contributed by atoms with Gasteiger partial charge in [-0.15, -0.1) is 22.7 Å². The largest absolute Gasteiger partial charge is 0.492 e. The Kier molecular flexibility index (Phi) is 10.4. The standard InChI is InChI=1S/C25H38O3S2/c1-3-4-5-6-7-8-9-10-11-12-13-14-15-27-22-20(2)18-29-24(22)25-23-21(19-30-25)26-16-17-28-23/h18-19H,3-17H2,1-2H3. The maximum Gasteiger partial charge on any atom is 0.180 e. The van der Waals surface area contributed by atoms with Crippen molar-refractivity contribution >= 4 is 22.7 Å². The topological polar surface area (TPSA) is 27.7 Å². The highest BCUT2D eigenvalue weighted by Crippen LogP contribution is 2.51. The molecule has 0 fully saturated rings. The number of rotatable bonds is 15. The Morgan fingerprint density at radius 2 is 1.37 bits per heavy atom. The zero-order valence-corrected chi connectivity index (χ0v) is 20.4. The van der Waals surface area contributed by atoms with E-state index in [0.29, 0.717) is 13.2 Å². The van der Waals surface area contributed by atoms with Gasteiger partial charge in [-0.05, 0) is 18.7 Å². The van der Waals surface area contributed by atoms with Gasteiger partial charge in [0.2, 0.25) is 0 Å². The van der Waals surface area contributed by atoms with Crippen LogP contribution in [0.4, 0.5) is 0 Å². The molecule has 168 valence electrons. The molecule has 0 amide bonds. The average Bonchev–Trinajstić information content (AvgIpc) is 3.35. The lowest BCUT2D eigenvalue weighted by Gasteiger charge is -2.16. The highest BCUT2D eigenvalue weighted by molar-refractivity contribution is 7.21. The summed E-state index contributed by atoms with van der Waals surface area (Å²) in [6.45, 7) is 6.47. The van der Waals surface area contributed by atoms with Gasteiger partial charge < -0.3 is 14.2 Å². The SMILES string of the molecule is CCCCCCCCCCCCCCOc1c(C)csc1-c1scc2c1OCCO2. The lowest BCUT2D eigenvalue weighted by Crippen LogP contribution is -2.14. The van der Waals surface area contributed by atoms with Crippen LogP contribution in [0.1, 0.15) is 89.5 Å². The number of aryl methyl sites for hydroxylation is 1. The number of unbranched alkanes of at least 4 members (excludes halogenated alkanes) is 11. The molecule has 1 aliphatic heterocycles. The van der Waals surface area contributed by atoms with Crippen molar-refractivity contribution in [3.05, 3.63) is 16.3 Å². The molecule has 0 spiro atoms. The van der Waals surface area contributed by atoms with Crippen molar-refractivity contribution in [2.24, 2.45) is 0 Å². The first-order valence-corrected chi connectivity index (χ1v) is 13.7. The third kappa shape index (κ3) is 6.91. The van der Waals surface area contributed by atoms with E-state index in [-0.39, 0.29) is 0 Å². The summed E-state index contributed by atoms with van der Waals surface area (Å²) in [5.41, 5.74) is 1.22. The van der Waals surface area contributed by atoms with Crippen molar-refractivity contribution < 1.29 is 14.2 Å². The number of hydrogen-bond donors (Lipinski definition) is 0. The fraction of sp³-hybridized carbons (Fsp3) is 0.680. The van der Waals surface area contributed by atoms with E-state index in [4.69, 9.17) is 14.2 Å². The first kappa shape index (κ1) is 23.5. The molecule has 5 heteroatoms. The number of ether oxygens (including phenoxy) is 3. The Bertz CT molecular complexity index is 735. The van der Waals surface area contributed by atoms with Crippen LogP contribution in [0.3, 0.4) is 0 Å². The minimum absolute atomic E-state index is 0.621. The third-order valence-electron chi connectivity index (χ3n) is 5.67. The molecule has 0 saturated carbocycles. The van der Waals surface area contributed by atoms with Crippen molar-refractivity contribution in [2.45, 2.75) is 90.9 Å². The highest BCUT2D eigenvalue weighted by Gasteiger charge is 2.24. The van der Waals surface area contributed by atoms with Gasteiger partial charge in [0.1, 0.15) is 19.0 Å². The van der Waals surface area contributed by atoms with Crippen LogP contribution in [0.25, 0.3) is 9.75 Å². The molecule has 3 rings (SSSR count). The molecular formula is C25H38O3S2. The summed E-state index contributed by atoms with van der Waals surface area (Å²) in [5, 5.41) is 4.23. The van der Waals surface area contributed by atoms with Crippen LogP contribution in [0, 0.1) is 6.92 Å². The van der Waals surface area contributed by atoms with Crippen LogP contribution in [-0.2, 0) is 0 Å². The van der Waals surface area contributed by atoms with E-state index in [9.17, 15) is 0 Å². The molecule has 0 N–H and O–H groups in total. The Morgan fingerprint density at radius 3 is 2.07 bits per heavy atom. The van der Waals surface area contributed by atoms with E-state index in [1.807, 2.05) is 5.38 Å². The van der Waals surface area contributed by atoms with Crippen LogP contribution >= 0.6 is 22.7 Å². The van der Waals surface area contributed by atoms with E-state index in [0.717, 1.165) is 35.2 Å². The summed E-state index contributed by atoms with van der Waals surface area (Å²) in [6, 6.07) is 0. The van der Waals surface area contributed by atoms with Crippen LogP contribution in [0.15, 0.2) is 10.8 Å². The minimum Gasteiger partial charge on any atom is -0.492 e. The van der Waals surface area contributed by atoms with Gasteiger partial charge in [0.25, 0.3) is 0 Å². The molecule has 0 unspecified atom stereocenters. The summed E-state index contributed by atoms with van der Waals surface area (Å²) in [6.07, 6.45) is 16.4. The summed E-state index contributed by atoms with van der Waals surface area (Å²) in [7, 11) is 0. The Morgan fingerprint density at radius 1 is 0.767 bits per heavy atom. The van der Waals surface area contributed by atoms with Gasteiger partial charge in [-0.1, -0.05) is 77.6 Å². The van der Waals surface area contributed by atoms with Crippen molar-refractivity contribution in [1.29, 1.82) is 0 Å². The van der Waals surface area contributed by atoms with Gasteiger partial charge in [-0.2, -0.15) is 0 Å². The zero-order valence-electron chi connectivity index (χ0n) is 18.8. The van der Waals surface area contributed by atoms with Crippen molar-refractivity contribution in [3.8, 4) is 27.0 Å². The Hall–Kier alpha value is -1.20. The second-order valence-electron chi connectivity index (χ2n) is 8.27. The lowest BCUT2D eigenvalue weighted by molar-refractivity contribution is 0.174. The van der Waals surface area contributed by atoms with Crippen LogP contribution in [-0.4, -0.2) is 19.8 Å². The minimum atomic E-state index is 0.621. The molecule has 2 aromatic heterocycles. The summed E-state index contributed by atoms with van der Waals surface area (Å²) in [4.78, 5) is 2.33. The first-order chi connectivity index (χ1) is 14.8. The van der Waals surface area contributed by atoms with Crippen LogP contribution in [0.2, 0.25) is 0 Å². The normalized spacial score (nSPS) is 13.0. The summed E-state index contributed by atoms with van der Waals surface area (Å²) in [5.74, 6) is 2.80. The molecule has 0 atom stereocenters. The predicted octanol–water partition coefficient (Wildman–Crippen LogP) is 8.64. The molecule has 0 saturated heterocycles. The van der Waals surface area contributed by atoms with Crippen LogP contribution < -0.4 is 14.2 Å². The summed E-state index contributed by atoms with van der Waals surface area (Å²) < 4.78 is 17.8. The first-order valence-electron chi connectivity index (χ1n) is 11.9. The maximum absolute atomic E-state index is 6.24. The van der Waals surface area contributed by atoms with Crippen molar-refractivity contribution in [2.75, 3.05) is 19.8 Å². The number of thiophene rings is 2. The molecule has 2 aromatic rings. The molecule has 3 nitrogen and oxygen atoms in total. The monoisotopic (exact) mass is 450 g/mol. The van der Waals surface area contributed by atoms with Crippen molar-refractivity contribution in [1.82, 2.24) is 0 Å². The van der Waals surface area contributed by atoms with E-state index >= 15 is 0 Å². The quantitative estimate of drug-likeness (QED) is 0.254. The van der Waals surface area contributed by atoms with E-state index < -0.39 is 0 Å². The van der Waals surface area contributed by atoms with Gasteiger partial charge in [-0.3, -0.25) is 0 Å². The average molecular weight is 451 g/mol. The number of hydrogen-bond acceptors (Lipinski definition) is 5. The molecule has 0 bridgehead atoms. The second-order valence-corrected chi connectivity index (χ2v) is 10.0. The highest BCUT2D eigenvalue weighted by atomic mass is 32.1. The predicted molar refractivity (Wildman–Crippen MR) is 130 cm³/mol. The fourth-order valence-electron chi connectivity index (χ4n) is 3.91.